The summed E-state index contributed by atoms with van der Waals surface area (Å²) in [5.41, 5.74) is 0.0383. The first-order valence-electron chi connectivity index (χ1n) is 6.74. The second-order valence-electron chi connectivity index (χ2n) is 4.55. The largest absolute Gasteiger partial charge is 0.484 e. The maximum Gasteiger partial charge on any atom is 0.305 e. The van der Waals surface area contributed by atoms with Crippen LogP contribution < -0.4 is 10.1 Å². The lowest BCUT2D eigenvalue weighted by molar-refractivity contribution is -0.387. The van der Waals surface area contributed by atoms with Crippen LogP contribution in [0.25, 0.3) is 0 Å². The number of aryl methyl sites for hydroxylation is 1. The van der Waals surface area contributed by atoms with Crippen molar-refractivity contribution >= 4 is 39.8 Å². The molecule has 8 nitrogen and oxygen atoms in total. The number of thiazole rings is 1. The standard InChI is InChI=1S/C14H11FN4O4S2/c1-8-13(24-5-4-16)25-14(17-8)18-12(20)7-23-9-2-3-11(19(21)22)10(15)6-9/h2-3,6H,5,7H2,1H3,(H,17,18,20). The number of nitro benzene ring substituents is 1. The number of ether oxygens (including phenoxy) is 1. The van der Waals surface area contributed by atoms with Crippen molar-refractivity contribution in [2.45, 2.75) is 11.1 Å². The van der Waals surface area contributed by atoms with Crippen LogP contribution in [0.15, 0.2) is 22.4 Å². The predicted octanol–water partition coefficient (Wildman–Crippen LogP) is 3.13. The van der Waals surface area contributed by atoms with E-state index in [2.05, 4.69) is 10.3 Å². The third-order valence-electron chi connectivity index (χ3n) is 2.75. The van der Waals surface area contributed by atoms with Gasteiger partial charge in [-0.2, -0.15) is 9.65 Å². The van der Waals surface area contributed by atoms with Crippen LogP contribution in [0.4, 0.5) is 15.2 Å². The molecule has 0 aliphatic rings. The Kier molecular flexibility index (Phi) is 6.26. The number of hydrogen-bond donors (Lipinski definition) is 1. The van der Waals surface area contributed by atoms with Crippen LogP contribution in [0.2, 0.25) is 0 Å². The molecule has 11 heteroatoms. The molecule has 1 aromatic carbocycles. The molecule has 0 aliphatic heterocycles. The first-order valence-corrected chi connectivity index (χ1v) is 8.54. The van der Waals surface area contributed by atoms with Gasteiger partial charge in [0.15, 0.2) is 11.7 Å². The van der Waals surface area contributed by atoms with Crippen molar-refractivity contribution in [3.8, 4) is 11.8 Å². The van der Waals surface area contributed by atoms with Gasteiger partial charge in [-0.05, 0) is 13.0 Å². The molecule has 2 rings (SSSR count). The number of benzene rings is 1. The van der Waals surface area contributed by atoms with Gasteiger partial charge in [0.05, 0.1) is 26.6 Å². The number of nitro groups is 1. The number of nitrogens with one attached hydrogen (secondary N) is 1. The minimum absolute atomic E-state index is 0.00108. The molecule has 0 aliphatic carbocycles. The van der Waals surface area contributed by atoms with Crippen molar-refractivity contribution in [1.82, 2.24) is 4.98 Å². The number of rotatable bonds is 7. The van der Waals surface area contributed by atoms with E-state index in [-0.39, 0.29) is 11.5 Å². The van der Waals surface area contributed by atoms with E-state index in [9.17, 15) is 19.3 Å². The number of amides is 1. The van der Waals surface area contributed by atoms with Crippen molar-refractivity contribution in [3.63, 3.8) is 0 Å². The minimum Gasteiger partial charge on any atom is -0.484 e. The fourth-order valence-corrected chi connectivity index (χ4v) is 3.51. The number of thioether (sulfide) groups is 1. The Balaban J connectivity index is 1.92. The van der Waals surface area contributed by atoms with Gasteiger partial charge in [-0.1, -0.05) is 23.1 Å². The Morgan fingerprint density at radius 2 is 2.36 bits per heavy atom. The molecular weight excluding hydrogens is 371 g/mol. The molecule has 0 spiro atoms. The summed E-state index contributed by atoms with van der Waals surface area (Å²) in [5, 5.41) is 22.0. The topological polar surface area (TPSA) is 118 Å². The molecule has 130 valence electrons. The molecule has 0 fully saturated rings. The van der Waals surface area contributed by atoms with Gasteiger partial charge in [0.25, 0.3) is 5.91 Å². The quantitative estimate of drug-likeness (QED) is 0.444. The fraction of sp³-hybridized carbons (Fsp3) is 0.214. The highest BCUT2D eigenvalue weighted by Crippen LogP contribution is 2.31. The Morgan fingerprint density at radius 1 is 1.60 bits per heavy atom. The Labute approximate surface area is 149 Å². The summed E-state index contributed by atoms with van der Waals surface area (Å²) in [7, 11) is 0. The summed E-state index contributed by atoms with van der Waals surface area (Å²) in [4.78, 5) is 25.7. The van der Waals surface area contributed by atoms with E-state index in [1.165, 1.54) is 29.2 Å². The summed E-state index contributed by atoms with van der Waals surface area (Å²) >= 11 is 2.56. The molecule has 1 amide bonds. The highest BCUT2D eigenvalue weighted by atomic mass is 32.2. The summed E-state index contributed by atoms with van der Waals surface area (Å²) in [6, 6.07) is 5.02. The third kappa shape index (κ3) is 5.13. The average Bonchev–Trinajstić information content (AvgIpc) is 2.90. The zero-order valence-corrected chi connectivity index (χ0v) is 14.4. The maximum absolute atomic E-state index is 13.5. The van der Waals surface area contributed by atoms with E-state index in [1.54, 1.807) is 6.92 Å². The van der Waals surface area contributed by atoms with Gasteiger partial charge in [0.1, 0.15) is 5.75 Å². The number of carbonyl (C=O) groups is 1. The molecule has 25 heavy (non-hydrogen) atoms. The number of anilines is 1. The lowest BCUT2D eigenvalue weighted by Gasteiger charge is -2.05. The third-order valence-corrected chi connectivity index (χ3v) is 5.06. The van der Waals surface area contributed by atoms with Crippen LogP contribution in [0, 0.1) is 34.2 Å². The first-order chi connectivity index (χ1) is 11.9. The molecule has 0 unspecified atom stereocenters. The lowest BCUT2D eigenvalue weighted by Crippen LogP contribution is -2.20. The van der Waals surface area contributed by atoms with Gasteiger partial charge in [-0.25, -0.2) is 4.98 Å². The minimum atomic E-state index is -1.04. The number of hydrogen-bond acceptors (Lipinski definition) is 8. The van der Waals surface area contributed by atoms with E-state index >= 15 is 0 Å². The van der Waals surface area contributed by atoms with Gasteiger partial charge in [0.2, 0.25) is 5.82 Å². The van der Waals surface area contributed by atoms with Crippen molar-refractivity contribution in [1.29, 1.82) is 5.26 Å². The molecule has 0 saturated carbocycles. The second-order valence-corrected chi connectivity index (χ2v) is 6.79. The van der Waals surface area contributed by atoms with Gasteiger partial charge in [-0.15, -0.1) is 0 Å². The van der Waals surface area contributed by atoms with E-state index in [0.29, 0.717) is 10.8 Å². The number of carbonyl (C=O) groups excluding carboxylic acids is 1. The lowest BCUT2D eigenvalue weighted by atomic mass is 10.3. The fourth-order valence-electron chi connectivity index (χ4n) is 1.70. The van der Waals surface area contributed by atoms with Gasteiger partial charge >= 0.3 is 5.69 Å². The van der Waals surface area contributed by atoms with Crippen LogP contribution in [0.3, 0.4) is 0 Å². The summed E-state index contributed by atoms with van der Waals surface area (Å²) in [6.45, 7) is 1.36. The normalized spacial score (nSPS) is 10.1. The van der Waals surface area contributed by atoms with Crippen LogP contribution >= 0.6 is 23.1 Å². The van der Waals surface area contributed by atoms with Crippen molar-refractivity contribution in [3.05, 3.63) is 39.8 Å². The van der Waals surface area contributed by atoms with Gasteiger partial charge < -0.3 is 4.74 Å². The maximum atomic E-state index is 13.5. The average molecular weight is 382 g/mol. The Bertz CT molecular complexity index is 850. The monoisotopic (exact) mass is 382 g/mol. The van der Waals surface area contributed by atoms with E-state index in [0.717, 1.165) is 16.3 Å². The van der Waals surface area contributed by atoms with Crippen molar-refractivity contribution in [2.75, 3.05) is 17.7 Å². The van der Waals surface area contributed by atoms with Gasteiger partial charge in [-0.3, -0.25) is 20.2 Å². The molecule has 0 bridgehead atoms. The van der Waals surface area contributed by atoms with Gasteiger partial charge in [0, 0.05) is 12.1 Å². The molecule has 1 N–H and O–H groups in total. The summed E-state index contributed by atoms with van der Waals surface area (Å²) < 4.78 is 19.4. The second kappa shape index (κ2) is 8.41. The molecular formula is C14H11FN4O4S2. The zero-order chi connectivity index (χ0) is 18.4. The number of halogens is 1. The van der Waals surface area contributed by atoms with E-state index in [4.69, 9.17) is 10.00 Å². The molecule has 0 saturated heterocycles. The SMILES string of the molecule is Cc1nc(NC(=O)COc2ccc([N+](=O)[O-])c(F)c2)sc1SCC#N. The number of aromatic nitrogens is 1. The summed E-state index contributed by atoms with van der Waals surface area (Å²) in [6.07, 6.45) is 0. The highest BCUT2D eigenvalue weighted by Gasteiger charge is 2.15. The zero-order valence-electron chi connectivity index (χ0n) is 12.8. The first kappa shape index (κ1) is 18.6. The van der Waals surface area contributed by atoms with Crippen LogP contribution in [0.5, 0.6) is 5.75 Å². The Hall–Kier alpha value is -2.71. The number of nitriles is 1. The van der Waals surface area contributed by atoms with E-state index in [1.807, 2.05) is 6.07 Å². The van der Waals surface area contributed by atoms with Crippen LogP contribution in [0.1, 0.15) is 5.69 Å². The highest BCUT2D eigenvalue weighted by molar-refractivity contribution is 8.01. The van der Waals surface area contributed by atoms with E-state index < -0.39 is 28.9 Å². The molecule has 0 atom stereocenters. The molecule has 1 heterocycles. The van der Waals surface area contributed by atoms with Crippen LogP contribution in [-0.2, 0) is 4.79 Å². The predicted molar refractivity (Wildman–Crippen MR) is 90.4 cm³/mol. The van der Waals surface area contributed by atoms with Crippen LogP contribution in [-0.4, -0.2) is 28.2 Å². The molecule has 1 aromatic heterocycles. The summed E-state index contributed by atoms with van der Waals surface area (Å²) in [5.74, 6) is -1.27. The smallest absolute Gasteiger partial charge is 0.305 e. The molecule has 2 aromatic rings. The Morgan fingerprint density at radius 3 is 3.00 bits per heavy atom. The number of nitrogens with zero attached hydrogens (tertiary/aromatic N) is 3. The van der Waals surface area contributed by atoms with Crippen molar-refractivity contribution in [2.24, 2.45) is 0 Å². The van der Waals surface area contributed by atoms with Crippen molar-refractivity contribution < 1.29 is 18.8 Å². The molecule has 0 radical (unpaired) electrons.